The van der Waals surface area contributed by atoms with E-state index in [9.17, 15) is 0 Å². The van der Waals surface area contributed by atoms with Gasteiger partial charge in [-0.05, 0) is 30.3 Å². The van der Waals surface area contributed by atoms with Gasteiger partial charge in [0.25, 0.3) is 0 Å². The van der Waals surface area contributed by atoms with Crippen molar-refractivity contribution in [2.75, 3.05) is 43.7 Å². The van der Waals surface area contributed by atoms with Crippen LogP contribution in [0.25, 0.3) is 21.9 Å². The van der Waals surface area contributed by atoms with Crippen molar-refractivity contribution < 1.29 is 9.41 Å². The van der Waals surface area contributed by atoms with E-state index in [1.165, 1.54) is 0 Å². The highest BCUT2D eigenvalue weighted by atomic mass is 16.3. The van der Waals surface area contributed by atoms with Crippen LogP contribution in [0, 0.1) is 0 Å². The maximum Gasteiger partial charge on any atom is 0.220 e. The van der Waals surface area contributed by atoms with E-state index < -0.39 is 0 Å². The molecule has 0 aliphatic rings. The minimum absolute atomic E-state index is 0.645. The van der Waals surface area contributed by atoms with Crippen LogP contribution < -0.4 is 25.9 Å². The summed E-state index contributed by atoms with van der Waals surface area (Å²) >= 11 is 0. The highest BCUT2D eigenvalue weighted by molar-refractivity contribution is 5.91. The summed E-state index contributed by atoms with van der Waals surface area (Å²) in [6.45, 7) is 0.645. The van der Waals surface area contributed by atoms with Crippen LogP contribution in [0.15, 0.2) is 65.1 Å². The summed E-state index contributed by atoms with van der Waals surface area (Å²) in [5.41, 5.74) is 11.9. The van der Waals surface area contributed by atoms with Gasteiger partial charge in [-0.1, -0.05) is 18.2 Å². The lowest BCUT2D eigenvalue weighted by molar-refractivity contribution is -0.515. The highest BCUT2D eigenvalue weighted by Gasteiger charge is 2.13. The second-order valence-corrected chi connectivity index (χ2v) is 7.68. The van der Waals surface area contributed by atoms with Gasteiger partial charge in [0.2, 0.25) is 5.36 Å². The van der Waals surface area contributed by atoms with E-state index in [0.29, 0.717) is 6.54 Å². The number of nitrogens with zero attached hydrogens (tertiary/aromatic N) is 2. The van der Waals surface area contributed by atoms with E-state index in [-0.39, 0.29) is 0 Å². The maximum absolute atomic E-state index is 6.33. The number of benzene rings is 3. The topological polar surface area (TPSA) is 59.6 Å². The molecule has 0 unspecified atom stereocenters. The third-order valence-electron chi connectivity index (χ3n) is 5.23. The monoisotopic (exact) mass is 387 g/mol. The molecule has 0 fully saturated rings. The molecule has 0 bridgehead atoms. The van der Waals surface area contributed by atoms with Gasteiger partial charge in [0, 0.05) is 62.9 Å². The van der Waals surface area contributed by atoms with Gasteiger partial charge >= 0.3 is 0 Å². The summed E-state index contributed by atoms with van der Waals surface area (Å²) in [5, 5.41) is 3.16. The molecule has 1 aromatic heterocycles. The van der Waals surface area contributed by atoms with Crippen LogP contribution >= 0.6 is 0 Å². The van der Waals surface area contributed by atoms with Crippen LogP contribution in [0.1, 0.15) is 5.56 Å². The summed E-state index contributed by atoms with van der Waals surface area (Å²) in [6.07, 6.45) is 0. The van der Waals surface area contributed by atoms with Crippen LogP contribution in [-0.4, -0.2) is 28.2 Å². The molecule has 0 atom stereocenters. The lowest BCUT2D eigenvalue weighted by Gasteiger charge is -2.14. The van der Waals surface area contributed by atoms with Crippen LogP contribution in [0.3, 0.4) is 0 Å². The zero-order valence-corrected chi connectivity index (χ0v) is 17.4. The number of anilines is 3. The standard InChI is InChI=1S/C24H26N4O/c1-27(2)17-9-11-19-22(13-17)29-23-14-18(28(3)4)10-12-20(23)24(19)26-15-16-7-5-6-8-21(16)25/h5-14H,15,25H2,1-4H3/p+1. The molecular formula is C24H27N4O+. The molecule has 0 aliphatic heterocycles. The molecule has 0 amide bonds. The Bertz CT molecular complexity index is 1190. The summed E-state index contributed by atoms with van der Waals surface area (Å²) in [5.74, 6) is 0. The maximum atomic E-state index is 6.33. The Morgan fingerprint density at radius 2 is 1.34 bits per heavy atom. The smallest absolute Gasteiger partial charge is 0.220 e. The van der Waals surface area contributed by atoms with Crippen molar-refractivity contribution in [3.63, 3.8) is 0 Å². The largest absolute Gasteiger partial charge is 0.455 e. The van der Waals surface area contributed by atoms with E-state index in [0.717, 1.165) is 49.9 Å². The van der Waals surface area contributed by atoms with Gasteiger partial charge in [-0.3, -0.25) is 0 Å². The molecule has 4 rings (SSSR count). The average molecular weight is 388 g/mol. The number of para-hydroxylation sites is 1. The molecule has 0 radical (unpaired) electrons. The predicted molar refractivity (Wildman–Crippen MR) is 121 cm³/mol. The van der Waals surface area contributed by atoms with Crippen molar-refractivity contribution in [2.24, 2.45) is 0 Å². The number of nitrogens with two attached hydrogens (primary N) is 1. The van der Waals surface area contributed by atoms with Crippen molar-refractivity contribution in [3.8, 4) is 0 Å². The van der Waals surface area contributed by atoms with E-state index >= 15 is 0 Å². The van der Waals surface area contributed by atoms with Gasteiger partial charge in [0.05, 0.1) is 10.8 Å². The van der Waals surface area contributed by atoms with Gasteiger partial charge in [-0.15, -0.1) is 0 Å². The molecule has 0 aliphatic carbocycles. The molecule has 3 N–H and O–H groups in total. The molecule has 3 aromatic carbocycles. The number of hydrogen-bond donors (Lipinski definition) is 2. The Kier molecular flexibility index (Phi) is 4.89. The van der Waals surface area contributed by atoms with Crippen molar-refractivity contribution >= 4 is 39.0 Å². The van der Waals surface area contributed by atoms with E-state index in [2.05, 4.69) is 51.2 Å². The quantitative estimate of drug-likeness (QED) is 0.417. The Hall–Kier alpha value is -3.47. The van der Waals surface area contributed by atoms with Crippen molar-refractivity contribution in [1.29, 1.82) is 0 Å². The minimum Gasteiger partial charge on any atom is -0.455 e. The molecule has 1 heterocycles. The molecule has 0 saturated heterocycles. The number of rotatable bonds is 4. The molecule has 148 valence electrons. The second kappa shape index (κ2) is 7.51. The molecule has 5 heteroatoms. The molecule has 4 aromatic rings. The number of hydrogen-bond acceptors (Lipinski definition) is 4. The number of nitrogens with one attached hydrogen (secondary N) is 1. The molecule has 0 spiro atoms. The lowest BCUT2D eigenvalue weighted by Crippen LogP contribution is -2.75. The summed E-state index contributed by atoms with van der Waals surface area (Å²) in [7, 11) is 8.13. The first-order valence-electron chi connectivity index (χ1n) is 9.69. The summed E-state index contributed by atoms with van der Waals surface area (Å²) in [4.78, 5) is 7.77. The fraction of sp³-hybridized carbons (Fsp3) is 0.208. The fourth-order valence-corrected chi connectivity index (χ4v) is 3.49. The molecular weight excluding hydrogens is 360 g/mol. The van der Waals surface area contributed by atoms with Crippen LogP contribution in [0.4, 0.5) is 17.1 Å². The first-order chi connectivity index (χ1) is 13.9. The van der Waals surface area contributed by atoms with Gasteiger partial charge < -0.3 is 20.0 Å². The van der Waals surface area contributed by atoms with Crippen LogP contribution in [0.2, 0.25) is 0 Å². The number of nitrogen functional groups attached to an aromatic ring is 1. The first-order valence-corrected chi connectivity index (χ1v) is 9.69. The normalized spacial score (nSPS) is 11.0. The summed E-state index contributed by atoms with van der Waals surface area (Å²) in [6, 6.07) is 20.6. The van der Waals surface area contributed by atoms with Gasteiger partial charge in [-0.2, -0.15) is 0 Å². The first kappa shape index (κ1) is 18.9. The van der Waals surface area contributed by atoms with Crippen molar-refractivity contribution in [3.05, 3.63) is 71.6 Å². The van der Waals surface area contributed by atoms with Gasteiger partial charge in [0.1, 0.15) is 11.2 Å². The van der Waals surface area contributed by atoms with Crippen LogP contribution in [-0.2, 0) is 6.54 Å². The van der Waals surface area contributed by atoms with E-state index in [1.807, 2.05) is 52.5 Å². The van der Waals surface area contributed by atoms with Crippen molar-refractivity contribution in [2.45, 2.75) is 6.54 Å². The van der Waals surface area contributed by atoms with Gasteiger partial charge in [-0.25, -0.2) is 4.99 Å². The third-order valence-corrected chi connectivity index (χ3v) is 5.23. The number of fused-ring (bicyclic) bond motifs is 2. The Morgan fingerprint density at radius 3 is 1.86 bits per heavy atom. The van der Waals surface area contributed by atoms with Crippen LogP contribution in [0.5, 0.6) is 0 Å². The third kappa shape index (κ3) is 3.63. The summed E-state index contributed by atoms with van der Waals surface area (Å²) < 4.78 is 6.33. The van der Waals surface area contributed by atoms with E-state index in [4.69, 9.17) is 10.2 Å². The zero-order chi connectivity index (χ0) is 20.5. The predicted octanol–water partition coefficient (Wildman–Crippen LogP) is 2.48. The molecule has 0 saturated carbocycles. The Labute approximate surface area is 170 Å². The fourth-order valence-electron chi connectivity index (χ4n) is 3.49. The average Bonchev–Trinajstić information content (AvgIpc) is 2.71. The lowest BCUT2D eigenvalue weighted by atomic mass is 10.1. The van der Waals surface area contributed by atoms with Crippen molar-refractivity contribution in [1.82, 2.24) is 0 Å². The van der Waals surface area contributed by atoms with E-state index in [1.54, 1.807) is 0 Å². The molecule has 5 nitrogen and oxygen atoms in total. The van der Waals surface area contributed by atoms with Gasteiger partial charge in [0.15, 0.2) is 6.54 Å². The SMILES string of the molecule is CN(C)c1ccc2c(=[NH+]Cc3ccccc3N)c3ccc(N(C)C)cc3oc2c1. The Morgan fingerprint density at radius 1 is 0.793 bits per heavy atom. The second-order valence-electron chi connectivity index (χ2n) is 7.68. The minimum atomic E-state index is 0.645. The molecule has 29 heavy (non-hydrogen) atoms. The zero-order valence-electron chi connectivity index (χ0n) is 17.4. The Balaban J connectivity index is 1.99. The highest BCUT2D eigenvalue weighted by Crippen LogP contribution is 2.25.